The van der Waals surface area contributed by atoms with Crippen LogP contribution in [-0.2, 0) is 9.53 Å². The first-order chi connectivity index (χ1) is 16.2. The predicted molar refractivity (Wildman–Crippen MR) is 126 cm³/mol. The Kier molecular flexibility index (Phi) is 8.38. The van der Waals surface area contributed by atoms with Crippen LogP contribution in [0.4, 0.5) is 4.79 Å². The van der Waals surface area contributed by atoms with Crippen LogP contribution in [-0.4, -0.2) is 75.4 Å². The minimum absolute atomic E-state index is 0.116. The second-order valence-corrected chi connectivity index (χ2v) is 8.53. The molecule has 34 heavy (non-hydrogen) atoms. The molecule has 0 saturated carbocycles. The molecule has 182 valence electrons. The molecule has 1 N–H and O–H groups in total. The number of hydrogen-bond donors (Lipinski definition) is 1. The van der Waals surface area contributed by atoms with Crippen LogP contribution >= 0.6 is 11.6 Å². The summed E-state index contributed by atoms with van der Waals surface area (Å²) >= 11 is 6.35. The van der Waals surface area contributed by atoms with E-state index in [9.17, 15) is 14.4 Å². The van der Waals surface area contributed by atoms with Crippen LogP contribution in [0.15, 0.2) is 24.5 Å². The fraction of sp³-hybridized carbons (Fsp3) is 0.478. The fourth-order valence-corrected chi connectivity index (χ4v) is 4.23. The van der Waals surface area contributed by atoms with Crippen molar-refractivity contribution in [1.29, 1.82) is 0 Å². The third-order valence-corrected chi connectivity index (χ3v) is 5.82. The number of rotatable bonds is 6. The largest absolute Gasteiger partial charge is 0.449 e. The summed E-state index contributed by atoms with van der Waals surface area (Å²) in [5.41, 5.74) is 1.72. The molecule has 0 radical (unpaired) electrons. The number of amides is 3. The number of nitrogens with one attached hydrogen (secondary N) is 1. The Labute approximate surface area is 203 Å². The van der Waals surface area contributed by atoms with Gasteiger partial charge >= 0.3 is 6.09 Å². The number of ether oxygens (including phenoxy) is 1. The Bertz CT molecular complexity index is 1070. The van der Waals surface area contributed by atoms with Gasteiger partial charge in [0.05, 0.1) is 24.0 Å². The minimum atomic E-state index is -0.459. The second kappa shape index (κ2) is 11.2. The van der Waals surface area contributed by atoms with E-state index in [4.69, 9.17) is 16.3 Å². The molecule has 10 nitrogen and oxygen atoms in total. The zero-order valence-electron chi connectivity index (χ0n) is 19.7. The lowest BCUT2D eigenvalue weighted by molar-refractivity contribution is -0.137. The molecule has 0 bridgehead atoms. The van der Waals surface area contributed by atoms with Gasteiger partial charge in [0.1, 0.15) is 17.2 Å². The molecule has 11 heteroatoms. The maximum Gasteiger partial charge on any atom is 0.409 e. The fourth-order valence-electron chi connectivity index (χ4n) is 4.02. The standard InChI is InChI=1S/C23H29ClN6O4/c1-5-6-7-34-23(33)29-11-14(2)30(15(3)31)20(12-29)16-8-18(28-21(24)9-16)17-10-19(22(32)25-4)27-13-26-17/h8-10,13-14,20H,5-7,11-12H2,1-4H3,(H,25,32)/t14-,20+/m1/s1. The lowest BCUT2D eigenvalue weighted by Gasteiger charge is -2.45. The van der Waals surface area contributed by atoms with E-state index in [1.54, 1.807) is 21.9 Å². The van der Waals surface area contributed by atoms with E-state index in [1.807, 2.05) is 13.8 Å². The number of piperazine rings is 1. The monoisotopic (exact) mass is 488 g/mol. The second-order valence-electron chi connectivity index (χ2n) is 8.14. The molecule has 2 aromatic rings. The van der Waals surface area contributed by atoms with Crippen molar-refractivity contribution in [2.45, 2.75) is 45.7 Å². The molecule has 0 spiro atoms. The molecular weight excluding hydrogens is 460 g/mol. The Morgan fingerprint density at radius 2 is 1.94 bits per heavy atom. The maximum absolute atomic E-state index is 12.7. The summed E-state index contributed by atoms with van der Waals surface area (Å²) in [7, 11) is 1.51. The van der Waals surface area contributed by atoms with Crippen molar-refractivity contribution in [3.05, 3.63) is 40.9 Å². The molecule has 1 saturated heterocycles. The normalized spacial score (nSPS) is 17.9. The highest BCUT2D eigenvalue weighted by Gasteiger charge is 2.37. The van der Waals surface area contributed by atoms with Crippen LogP contribution in [0.3, 0.4) is 0 Å². The van der Waals surface area contributed by atoms with Gasteiger partial charge in [-0.1, -0.05) is 24.9 Å². The summed E-state index contributed by atoms with van der Waals surface area (Å²) < 4.78 is 5.40. The third-order valence-electron chi connectivity index (χ3n) is 5.62. The minimum Gasteiger partial charge on any atom is -0.449 e. The van der Waals surface area contributed by atoms with Gasteiger partial charge in [-0.3, -0.25) is 9.59 Å². The van der Waals surface area contributed by atoms with Crippen LogP contribution in [0.2, 0.25) is 5.15 Å². The number of unbranched alkanes of at least 4 members (excludes halogenated alkanes) is 1. The number of carbonyl (C=O) groups excluding carboxylic acids is 3. The van der Waals surface area contributed by atoms with Gasteiger partial charge in [-0.25, -0.2) is 19.7 Å². The van der Waals surface area contributed by atoms with Crippen LogP contribution < -0.4 is 5.32 Å². The zero-order valence-corrected chi connectivity index (χ0v) is 20.5. The van der Waals surface area contributed by atoms with Gasteiger partial charge in [0.25, 0.3) is 5.91 Å². The van der Waals surface area contributed by atoms with E-state index in [1.165, 1.54) is 26.4 Å². The highest BCUT2D eigenvalue weighted by molar-refractivity contribution is 6.29. The van der Waals surface area contributed by atoms with Crippen LogP contribution in [0.1, 0.15) is 55.7 Å². The van der Waals surface area contributed by atoms with Gasteiger partial charge < -0.3 is 19.9 Å². The lowest BCUT2D eigenvalue weighted by Crippen LogP contribution is -2.56. The molecule has 0 unspecified atom stereocenters. The number of pyridine rings is 1. The third kappa shape index (κ3) is 5.80. The topological polar surface area (TPSA) is 118 Å². The molecule has 0 aromatic carbocycles. The number of halogens is 1. The zero-order chi connectivity index (χ0) is 24.8. The molecule has 3 rings (SSSR count). The van der Waals surface area contributed by atoms with Gasteiger partial charge in [0, 0.05) is 33.1 Å². The van der Waals surface area contributed by atoms with E-state index in [0.29, 0.717) is 30.1 Å². The average molecular weight is 489 g/mol. The molecule has 3 amide bonds. The number of nitrogens with zero attached hydrogens (tertiary/aromatic N) is 5. The van der Waals surface area contributed by atoms with Gasteiger partial charge in [-0.15, -0.1) is 0 Å². The van der Waals surface area contributed by atoms with Gasteiger partial charge in [-0.05, 0) is 37.1 Å². The van der Waals surface area contributed by atoms with Crippen molar-refractivity contribution in [3.63, 3.8) is 0 Å². The molecular formula is C23H29ClN6O4. The predicted octanol–water partition coefficient (Wildman–Crippen LogP) is 3.08. The molecule has 1 aliphatic rings. The van der Waals surface area contributed by atoms with Crippen molar-refractivity contribution < 1.29 is 19.1 Å². The Morgan fingerprint density at radius 3 is 2.62 bits per heavy atom. The first-order valence-electron chi connectivity index (χ1n) is 11.2. The molecule has 2 aromatic heterocycles. The van der Waals surface area contributed by atoms with E-state index >= 15 is 0 Å². The van der Waals surface area contributed by atoms with Crippen molar-refractivity contribution >= 4 is 29.5 Å². The smallest absolute Gasteiger partial charge is 0.409 e. The molecule has 0 aliphatic carbocycles. The highest BCUT2D eigenvalue weighted by Crippen LogP contribution is 2.32. The quantitative estimate of drug-likeness (QED) is 0.490. The van der Waals surface area contributed by atoms with E-state index in [0.717, 1.165) is 12.8 Å². The van der Waals surface area contributed by atoms with E-state index in [2.05, 4.69) is 20.3 Å². The van der Waals surface area contributed by atoms with Crippen molar-refractivity contribution in [2.24, 2.45) is 0 Å². The Morgan fingerprint density at radius 1 is 1.18 bits per heavy atom. The summed E-state index contributed by atoms with van der Waals surface area (Å²) in [4.78, 5) is 53.1. The summed E-state index contributed by atoms with van der Waals surface area (Å²) in [5.74, 6) is -0.470. The maximum atomic E-state index is 12.7. The van der Waals surface area contributed by atoms with E-state index in [-0.39, 0.29) is 35.2 Å². The van der Waals surface area contributed by atoms with Crippen LogP contribution in [0, 0.1) is 0 Å². The van der Waals surface area contributed by atoms with Crippen molar-refractivity contribution in [3.8, 4) is 11.4 Å². The molecule has 1 aliphatic heterocycles. The molecule has 1 fully saturated rings. The summed E-state index contributed by atoms with van der Waals surface area (Å²) in [6.45, 7) is 6.40. The van der Waals surface area contributed by atoms with Crippen LogP contribution in [0.25, 0.3) is 11.4 Å². The van der Waals surface area contributed by atoms with Crippen molar-refractivity contribution in [1.82, 2.24) is 30.1 Å². The van der Waals surface area contributed by atoms with E-state index < -0.39 is 12.1 Å². The lowest BCUT2D eigenvalue weighted by atomic mass is 9.99. The number of aromatic nitrogens is 3. The Hall–Kier alpha value is -3.27. The van der Waals surface area contributed by atoms with Gasteiger partial charge in [0.2, 0.25) is 5.91 Å². The van der Waals surface area contributed by atoms with Crippen LogP contribution in [0.5, 0.6) is 0 Å². The summed E-state index contributed by atoms with van der Waals surface area (Å²) in [6, 6.07) is 4.26. The first-order valence-corrected chi connectivity index (χ1v) is 11.6. The number of carbonyl (C=O) groups is 3. The average Bonchev–Trinajstić information content (AvgIpc) is 2.82. The van der Waals surface area contributed by atoms with Gasteiger partial charge in [0.15, 0.2) is 0 Å². The van der Waals surface area contributed by atoms with Crippen molar-refractivity contribution in [2.75, 3.05) is 26.7 Å². The summed E-state index contributed by atoms with van der Waals surface area (Å²) in [6.07, 6.45) is 2.59. The first kappa shape index (κ1) is 25.4. The summed E-state index contributed by atoms with van der Waals surface area (Å²) in [5, 5.41) is 2.72. The molecule has 2 atom stereocenters. The Balaban J connectivity index is 1.97. The number of hydrogen-bond acceptors (Lipinski definition) is 7. The van der Waals surface area contributed by atoms with Gasteiger partial charge in [-0.2, -0.15) is 0 Å². The highest BCUT2D eigenvalue weighted by atomic mass is 35.5. The molecule has 3 heterocycles. The SMILES string of the molecule is CCCCOC(=O)N1C[C@@H](C)N(C(C)=O)[C@H](c2cc(Cl)nc(-c3cc(C(=O)NC)ncn3)c2)C1.